The first-order chi connectivity index (χ1) is 9.04. The summed E-state index contributed by atoms with van der Waals surface area (Å²) in [6, 6.07) is 9.09. The maximum absolute atomic E-state index is 6.25. The maximum atomic E-state index is 6.25. The number of hydrogen-bond acceptors (Lipinski definition) is 1. The van der Waals surface area contributed by atoms with Crippen LogP contribution >= 0.6 is 34.8 Å². The Balaban J connectivity index is 2.23. The molecule has 0 aromatic heterocycles. The molecule has 1 atom stereocenters. The minimum Gasteiger partial charge on any atom is -0.489 e. The Hall–Kier alpha value is -0.890. The Morgan fingerprint density at radius 2 is 1.74 bits per heavy atom. The highest BCUT2D eigenvalue weighted by atomic mass is 35.5. The predicted molar refractivity (Wildman–Crippen MR) is 80.4 cm³/mol. The van der Waals surface area contributed by atoms with Crippen molar-refractivity contribution in [3.05, 3.63) is 57.9 Å². The van der Waals surface area contributed by atoms with Crippen molar-refractivity contribution in [2.45, 2.75) is 12.5 Å². The van der Waals surface area contributed by atoms with E-state index in [1.807, 2.05) is 18.2 Å². The van der Waals surface area contributed by atoms with Crippen molar-refractivity contribution in [3.63, 3.8) is 0 Å². The van der Waals surface area contributed by atoms with E-state index < -0.39 is 0 Å². The molecule has 1 aliphatic heterocycles. The van der Waals surface area contributed by atoms with E-state index in [1.54, 1.807) is 12.1 Å². The van der Waals surface area contributed by atoms with Crippen LogP contribution in [-0.4, -0.2) is 6.10 Å². The Morgan fingerprint density at radius 3 is 2.53 bits per heavy atom. The third kappa shape index (κ3) is 2.43. The molecule has 0 N–H and O–H groups in total. The van der Waals surface area contributed by atoms with E-state index in [4.69, 9.17) is 39.5 Å². The lowest BCUT2D eigenvalue weighted by Gasteiger charge is -2.12. The standard InChI is InChI=1S/C15H10Cl3O/c1-8-4-9-5-11(17)7-13(15(9)19-8)12-6-10(16)2-3-14(12)18/h2-3,5-8H,1,4H2. The van der Waals surface area contributed by atoms with Gasteiger partial charge in [0.1, 0.15) is 11.9 Å². The van der Waals surface area contributed by atoms with Gasteiger partial charge in [-0.25, -0.2) is 0 Å². The van der Waals surface area contributed by atoms with Crippen LogP contribution in [-0.2, 0) is 6.42 Å². The van der Waals surface area contributed by atoms with Gasteiger partial charge >= 0.3 is 0 Å². The number of rotatable bonds is 1. The Kier molecular flexibility index (Phi) is 3.38. The molecule has 2 aromatic carbocycles. The summed E-state index contributed by atoms with van der Waals surface area (Å²) in [5.41, 5.74) is 2.74. The second kappa shape index (κ2) is 4.90. The molecule has 2 aromatic rings. The zero-order valence-corrected chi connectivity index (χ0v) is 12.2. The maximum Gasteiger partial charge on any atom is 0.131 e. The van der Waals surface area contributed by atoms with E-state index in [9.17, 15) is 0 Å². The summed E-state index contributed by atoms with van der Waals surface area (Å²) in [5, 5.41) is 1.89. The fourth-order valence-corrected chi connectivity index (χ4v) is 2.93. The quantitative estimate of drug-likeness (QED) is 0.680. The minimum absolute atomic E-state index is 0.0924. The van der Waals surface area contributed by atoms with Gasteiger partial charge in [-0.1, -0.05) is 34.8 Å². The van der Waals surface area contributed by atoms with E-state index in [2.05, 4.69) is 6.92 Å². The summed E-state index contributed by atoms with van der Waals surface area (Å²) in [6.07, 6.45) is 0.659. The molecule has 0 bridgehead atoms. The predicted octanol–water partition coefficient (Wildman–Crippen LogP) is 5.45. The van der Waals surface area contributed by atoms with Crippen LogP contribution in [0.5, 0.6) is 5.75 Å². The van der Waals surface area contributed by atoms with Crippen molar-refractivity contribution in [1.29, 1.82) is 0 Å². The summed E-state index contributed by atoms with van der Waals surface area (Å²) in [4.78, 5) is 0. The highest BCUT2D eigenvalue weighted by molar-refractivity contribution is 6.35. The lowest BCUT2D eigenvalue weighted by atomic mass is 10.0. The third-order valence-electron chi connectivity index (χ3n) is 3.08. The molecule has 0 amide bonds. The topological polar surface area (TPSA) is 9.23 Å². The van der Waals surface area contributed by atoms with Gasteiger partial charge in [0, 0.05) is 32.6 Å². The van der Waals surface area contributed by atoms with Crippen LogP contribution in [0.1, 0.15) is 5.56 Å². The van der Waals surface area contributed by atoms with Crippen molar-refractivity contribution >= 4 is 34.8 Å². The molecule has 1 unspecified atom stereocenters. The van der Waals surface area contributed by atoms with Crippen LogP contribution in [0.15, 0.2) is 30.3 Å². The molecular formula is C15H10Cl3O. The first-order valence-electron chi connectivity index (χ1n) is 5.82. The molecule has 1 nitrogen and oxygen atoms in total. The van der Waals surface area contributed by atoms with Crippen molar-refractivity contribution in [3.8, 4) is 16.9 Å². The van der Waals surface area contributed by atoms with E-state index in [0.717, 1.165) is 28.9 Å². The van der Waals surface area contributed by atoms with Crippen LogP contribution in [0.3, 0.4) is 0 Å². The van der Waals surface area contributed by atoms with Crippen LogP contribution in [0.4, 0.5) is 0 Å². The molecule has 0 saturated heterocycles. The smallest absolute Gasteiger partial charge is 0.131 e. The van der Waals surface area contributed by atoms with Gasteiger partial charge in [0.2, 0.25) is 0 Å². The second-order valence-corrected chi connectivity index (χ2v) is 5.79. The molecule has 1 heterocycles. The lowest BCUT2D eigenvalue weighted by molar-refractivity contribution is 0.282. The molecule has 0 fully saturated rings. The second-order valence-electron chi connectivity index (χ2n) is 4.51. The average Bonchev–Trinajstić information content (AvgIpc) is 2.71. The van der Waals surface area contributed by atoms with Crippen molar-refractivity contribution < 1.29 is 4.74 Å². The molecule has 4 heteroatoms. The van der Waals surface area contributed by atoms with Gasteiger partial charge in [-0.05, 0) is 42.8 Å². The Bertz CT molecular complexity index is 652. The molecule has 97 valence electrons. The molecule has 0 saturated carbocycles. The van der Waals surface area contributed by atoms with E-state index in [-0.39, 0.29) is 6.10 Å². The fourth-order valence-electron chi connectivity index (χ4n) is 2.30. The van der Waals surface area contributed by atoms with Gasteiger partial charge in [-0.3, -0.25) is 0 Å². The van der Waals surface area contributed by atoms with Crippen molar-refractivity contribution in [2.24, 2.45) is 0 Å². The largest absolute Gasteiger partial charge is 0.489 e. The highest BCUT2D eigenvalue weighted by Crippen LogP contribution is 2.43. The molecule has 3 rings (SSSR count). The van der Waals surface area contributed by atoms with Crippen molar-refractivity contribution in [1.82, 2.24) is 0 Å². The SMILES string of the molecule is [CH2]C1Cc2cc(Cl)cc(-c3cc(Cl)ccc3Cl)c2O1. The van der Waals surface area contributed by atoms with Gasteiger partial charge in [-0.2, -0.15) is 0 Å². The summed E-state index contributed by atoms with van der Waals surface area (Å²) < 4.78 is 5.77. The van der Waals surface area contributed by atoms with Gasteiger partial charge in [0.25, 0.3) is 0 Å². The van der Waals surface area contributed by atoms with E-state index in [0.29, 0.717) is 15.1 Å². The molecule has 0 spiro atoms. The summed E-state index contributed by atoms with van der Waals surface area (Å²) in [7, 11) is 0. The van der Waals surface area contributed by atoms with Crippen LogP contribution in [0.2, 0.25) is 15.1 Å². The lowest BCUT2D eigenvalue weighted by Crippen LogP contribution is -2.06. The van der Waals surface area contributed by atoms with Crippen LogP contribution in [0.25, 0.3) is 11.1 Å². The summed E-state index contributed by atoms with van der Waals surface area (Å²) in [5.74, 6) is 0.800. The Morgan fingerprint density at radius 1 is 1.00 bits per heavy atom. The minimum atomic E-state index is -0.0924. The number of benzene rings is 2. The molecule has 1 radical (unpaired) electrons. The van der Waals surface area contributed by atoms with E-state index in [1.165, 1.54) is 0 Å². The molecule has 1 aliphatic rings. The van der Waals surface area contributed by atoms with Gasteiger partial charge in [0.15, 0.2) is 0 Å². The number of ether oxygens (including phenoxy) is 1. The first kappa shape index (κ1) is 13.1. The first-order valence-corrected chi connectivity index (χ1v) is 6.95. The normalized spacial score (nSPS) is 17.2. The zero-order valence-electron chi connectivity index (χ0n) is 9.92. The number of fused-ring (bicyclic) bond motifs is 1. The zero-order chi connectivity index (χ0) is 13.6. The van der Waals surface area contributed by atoms with Crippen molar-refractivity contribution in [2.75, 3.05) is 0 Å². The van der Waals surface area contributed by atoms with Gasteiger partial charge in [-0.15, -0.1) is 0 Å². The third-order valence-corrected chi connectivity index (χ3v) is 3.86. The van der Waals surface area contributed by atoms with Gasteiger partial charge < -0.3 is 4.74 Å². The summed E-state index contributed by atoms with van der Waals surface area (Å²) in [6.45, 7) is 3.93. The van der Waals surface area contributed by atoms with Gasteiger partial charge in [0.05, 0.1) is 0 Å². The van der Waals surface area contributed by atoms with Crippen LogP contribution in [0, 0.1) is 6.92 Å². The van der Waals surface area contributed by atoms with Crippen LogP contribution < -0.4 is 4.74 Å². The average molecular weight is 313 g/mol. The molecule has 19 heavy (non-hydrogen) atoms. The highest BCUT2D eigenvalue weighted by Gasteiger charge is 2.24. The Labute approximate surface area is 127 Å². The van der Waals surface area contributed by atoms with E-state index >= 15 is 0 Å². The number of halogens is 3. The summed E-state index contributed by atoms with van der Waals surface area (Å²) >= 11 is 18.5. The monoisotopic (exact) mass is 311 g/mol. The number of hydrogen-bond donors (Lipinski definition) is 0. The molecule has 0 aliphatic carbocycles. The molecular weight excluding hydrogens is 303 g/mol. The fraction of sp³-hybridized carbons (Fsp3) is 0.133.